The van der Waals surface area contributed by atoms with Gasteiger partial charge in [0.25, 0.3) is 0 Å². The highest BCUT2D eigenvalue weighted by Crippen LogP contribution is 2.18. The van der Waals surface area contributed by atoms with Crippen LogP contribution in [0.3, 0.4) is 0 Å². The Bertz CT molecular complexity index is 476. The molecule has 1 amide bonds. The second-order valence-corrected chi connectivity index (χ2v) is 6.29. The molecular formula is C18H28N2O. The number of anilines is 1. The van der Waals surface area contributed by atoms with Crippen molar-refractivity contribution in [2.24, 2.45) is 0 Å². The van der Waals surface area contributed by atoms with Gasteiger partial charge in [-0.3, -0.25) is 9.69 Å². The lowest BCUT2D eigenvalue weighted by atomic mass is 10.1. The van der Waals surface area contributed by atoms with Crippen molar-refractivity contribution in [1.82, 2.24) is 4.90 Å². The van der Waals surface area contributed by atoms with E-state index in [0.717, 1.165) is 24.3 Å². The number of benzene rings is 1. The molecule has 0 unspecified atom stereocenters. The van der Waals surface area contributed by atoms with Crippen LogP contribution in [-0.2, 0) is 4.79 Å². The van der Waals surface area contributed by atoms with Gasteiger partial charge in [-0.25, -0.2) is 0 Å². The summed E-state index contributed by atoms with van der Waals surface area (Å²) >= 11 is 0. The highest BCUT2D eigenvalue weighted by molar-refractivity contribution is 5.95. The van der Waals surface area contributed by atoms with Crippen LogP contribution in [0.25, 0.3) is 0 Å². The summed E-state index contributed by atoms with van der Waals surface area (Å²) in [4.78, 5) is 14.8. The van der Waals surface area contributed by atoms with Gasteiger partial charge in [0.1, 0.15) is 0 Å². The number of amides is 1. The Morgan fingerprint density at radius 2 is 1.71 bits per heavy atom. The van der Waals surface area contributed by atoms with Crippen LogP contribution < -0.4 is 5.32 Å². The van der Waals surface area contributed by atoms with Gasteiger partial charge in [-0.05, 0) is 58.3 Å². The third-order valence-electron chi connectivity index (χ3n) is 4.46. The zero-order chi connectivity index (χ0) is 15.2. The standard InChI is InChI=1S/C18H28N2O/c1-14-9-10-17(15(2)13-14)19-18(21)16(3)20-11-7-5-4-6-8-12-20/h9-10,13,16H,4-8,11-12H2,1-3H3,(H,19,21)/t16-/m0/s1. The lowest BCUT2D eigenvalue weighted by Gasteiger charge is -2.29. The van der Waals surface area contributed by atoms with E-state index in [-0.39, 0.29) is 11.9 Å². The Balaban J connectivity index is 1.97. The van der Waals surface area contributed by atoms with Gasteiger partial charge in [0.05, 0.1) is 6.04 Å². The van der Waals surface area contributed by atoms with Gasteiger partial charge in [-0.1, -0.05) is 37.0 Å². The van der Waals surface area contributed by atoms with Gasteiger partial charge in [-0.15, -0.1) is 0 Å². The average Bonchev–Trinajstić information content (AvgIpc) is 2.41. The molecule has 0 spiro atoms. The van der Waals surface area contributed by atoms with Crippen LogP contribution in [0.1, 0.15) is 50.2 Å². The summed E-state index contributed by atoms with van der Waals surface area (Å²) in [5.41, 5.74) is 3.29. The fraction of sp³-hybridized carbons (Fsp3) is 0.611. The molecule has 0 aliphatic carbocycles. The quantitative estimate of drug-likeness (QED) is 0.915. The molecule has 3 heteroatoms. The van der Waals surface area contributed by atoms with E-state index in [0.29, 0.717) is 0 Å². The Kier molecular flexibility index (Phi) is 5.80. The van der Waals surface area contributed by atoms with Crippen LogP contribution >= 0.6 is 0 Å². The third kappa shape index (κ3) is 4.57. The van der Waals surface area contributed by atoms with Crippen LogP contribution in [-0.4, -0.2) is 29.9 Å². The fourth-order valence-electron chi connectivity index (χ4n) is 3.02. The van der Waals surface area contributed by atoms with E-state index in [4.69, 9.17) is 0 Å². The minimum atomic E-state index is -0.0520. The molecule has 1 heterocycles. The molecule has 0 saturated carbocycles. The van der Waals surface area contributed by atoms with Crippen molar-refractivity contribution in [3.8, 4) is 0 Å². The summed E-state index contributed by atoms with van der Waals surface area (Å²) in [6, 6.07) is 6.10. The van der Waals surface area contributed by atoms with Gasteiger partial charge in [0, 0.05) is 5.69 Å². The summed E-state index contributed by atoms with van der Waals surface area (Å²) in [6.45, 7) is 8.23. The molecule has 2 rings (SSSR count). The first kappa shape index (κ1) is 16.0. The number of hydrogen-bond donors (Lipinski definition) is 1. The average molecular weight is 288 g/mol. The van der Waals surface area contributed by atoms with Gasteiger partial charge in [0.2, 0.25) is 5.91 Å². The van der Waals surface area contributed by atoms with Crippen LogP contribution in [0.4, 0.5) is 5.69 Å². The second kappa shape index (κ2) is 7.60. The van der Waals surface area contributed by atoms with E-state index in [2.05, 4.69) is 23.2 Å². The van der Waals surface area contributed by atoms with Gasteiger partial charge in [-0.2, -0.15) is 0 Å². The highest BCUT2D eigenvalue weighted by atomic mass is 16.2. The van der Waals surface area contributed by atoms with Crippen LogP contribution in [0.5, 0.6) is 0 Å². The molecule has 1 aromatic rings. The molecule has 0 aromatic heterocycles. The van der Waals surface area contributed by atoms with E-state index in [1.54, 1.807) is 0 Å². The molecule has 0 bridgehead atoms. The van der Waals surface area contributed by atoms with E-state index < -0.39 is 0 Å². The Morgan fingerprint density at radius 3 is 2.33 bits per heavy atom. The summed E-state index contributed by atoms with van der Waals surface area (Å²) < 4.78 is 0. The molecule has 3 nitrogen and oxygen atoms in total. The number of hydrogen-bond acceptors (Lipinski definition) is 2. The molecular weight excluding hydrogens is 260 g/mol. The van der Waals surface area contributed by atoms with E-state index >= 15 is 0 Å². The summed E-state index contributed by atoms with van der Waals surface area (Å²) in [7, 11) is 0. The molecule has 21 heavy (non-hydrogen) atoms. The lowest BCUT2D eigenvalue weighted by Crippen LogP contribution is -2.43. The molecule has 116 valence electrons. The van der Waals surface area contributed by atoms with Crippen molar-refractivity contribution >= 4 is 11.6 Å². The van der Waals surface area contributed by atoms with Gasteiger partial charge >= 0.3 is 0 Å². The topological polar surface area (TPSA) is 32.3 Å². The molecule has 1 aliphatic rings. The zero-order valence-corrected chi connectivity index (χ0v) is 13.6. The van der Waals surface area contributed by atoms with Crippen LogP contribution in [0.15, 0.2) is 18.2 Å². The largest absolute Gasteiger partial charge is 0.324 e. The smallest absolute Gasteiger partial charge is 0.241 e. The third-order valence-corrected chi connectivity index (χ3v) is 4.46. The number of nitrogens with zero attached hydrogens (tertiary/aromatic N) is 1. The molecule has 0 radical (unpaired) electrons. The highest BCUT2D eigenvalue weighted by Gasteiger charge is 2.21. The normalized spacial score (nSPS) is 18.6. The van der Waals surface area contributed by atoms with Crippen molar-refractivity contribution in [1.29, 1.82) is 0 Å². The first-order chi connectivity index (χ1) is 10.1. The molecule has 1 atom stereocenters. The van der Waals surface area contributed by atoms with E-state index in [1.165, 1.54) is 37.7 Å². The first-order valence-electron chi connectivity index (χ1n) is 8.20. The van der Waals surface area contributed by atoms with Crippen molar-refractivity contribution in [3.05, 3.63) is 29.3 Å². The molecule has 1 fully saturated rings. The molecule has 1 aromatic carbocycles. The number of carbonyl (C=O) groups excluding carboxylic acids is 1. The Labute approximate surface area is 128 Å². The lowest BCUT2D eigenvalue weighted by molar-refractivity contribution is -0.120. The van der Waals surface area contributed by atoms with Crippen molar-refractivity contribution in [2.45, 2.75) is 58.9 Å². The maximum absolute atomic E-state index is 12.5. The van der Waals surface area contributed by atoms with Crippen molar-refractivity contribution in [3.63, 3.8) is 0 Å². The minimum Gasteiger partial charge on any atom is -0.324 e. The predicted molar refractivity (Wildman–Crippen MR) is 88.7 cm³/mol. The first-order valence-corrected chi connectivity index (χ1v) is 8.20. The number of likely N-dealkylation sites (tertiary alicyclic amines) is 1. The summed E-state index contributed by atoms with van der Waals surface area (Å²) in [5.74, 6) is 0.113. The maximum Gasteiger partial charge on any atom is 0.241 e. The number of carbonyl (C=O) groups is 1. The zero-order valence-electron chi connectivity index (χ0n) is 13.6. The molecule has 1 N–H and O–H groups in total. The van der Waals surface area contributed by atoms with Crippen molar-refractivity contribution < 1.29 is 4.79 Å². The second-order valence-electron chi connectivity index (χ2n) is 6.29. The summed E-state index contributed by atoms with van der Waals surface area (Å²) in [5, 5.41) is 3.09. The SMILES string of the molecule is Cc1ccc(NC(=O)[C@H](C)N2CCCCCCC2)c(C)c1. The predicted octanol–water partition coefficient (Wildman–Crippen LogP) is 3.90. The number of rotatable bonds is 3. The van der Waals surface area contributed by atoms with Crippen LogP contribution in [0, 0.1) is 13.8 Å². The van der Waals surface area contributed by atoms with E-state index in [9.17, 15) is 4.79 Å². The minimum absolute atomic E-state index is 0.0520. The van der Waals surface area contributed by atoms with Crippen molar-refractivity contribution in [2.75, 3.05) is 18.4 Å². The van der Waals surface area contributed by atoms with Gasteiger partial charge < -0.3 is 5.32 Å². The Hall–Kier alpha value is -1.35. The van der Waals surface area contributed by atoms with E-state index in [1.807, 2.05) is 26.0 Å². The number of nitrogens with one attached hydrogen (secondary N) is 1. The van der Waals surface area contributed by atoms with Crippen LogP contribution in [0.2, 0.25) is 0 Å². The fourth-order valence-corrected chi connectivity index (χ4v) is 3.02. The Morgan fingerprint density at radius 1 is 1.10 bits per heavy atom. The molecule has 1 aliphatic heterocycles. The summed E-state index contributed by atoms with van der Waals surface area (Å²) in [6.07, 6.45) is 6.35. The number of aryl methyl sites for hydroxylation is 2. The monoisotopic (exact) mass is 288 g/mol. The maximum atomic E-state index is 12.5. The molecule has 1 saturated heterocycles. The van der Waals surface area contributed by atoms with Gasteiger partial charge in [0.15, 0.2) is 0 Å².